The summed E-state index contributed by atoms with van der Waals surface area (Å²) in [5, 5.41) is 7.19. The molecule has 0 aliphatic rings. The number of nitrogens with zero attached hydrogens (tertiary/aromatic N) is 2. The highest BCUT2D eigenvalue weighted by Gasteiger charge is 2.19. The van der Waals surface area contributed by atoms with Crippen LogP contribution in [0.5, 0.6) is 11.5 Å². The van der Waals surface area contributed by atoms with E-state index in [0.29, 0.717) is 6.04 Å². The average molecular weight is 546 g/mol. The Balaban J connectivity index is 0.000000510. The van der Waals surface area contributed by atoms with E-state index in [2.05, 4.69) is 24.1 Å². The van der Waals surface area contributed by atoms with Crippen molar-refractivity contribution in [2.45, 2.75) is 100 Å². The summed E-state index contributed by atoms with van der Waals surface area (Å²) in [6.45, 7) is 23.6. The first kappa shape index (κ1) is 33.2. The molecule has 0 aliphatic heterocycles. The van der Waals surface area contributed by atoms with Gasteiger partial charge in [-0.3, -0.25) is 4.79 Å². The lowest BCUT2D eigenvalue weighted by atomic mass is 10.1. The third-order valence-corrected chi connectivity index (χ3v) is 5.23. The molecule has 0 radical (unpaired) electrons. The number of thiazole rings is 1. The standard InChI is InChI=1S/C20H25N3O2S.C8H16O2.C2H6/c1-12(2)21-19-23-17(11-26-19)16-10-18(25-20(3,4)5)14-8-7-13(24-6)9-15(14)22-16;1-6(2)7(9)10-8(3,4)5;1-2/h7-12H,1-6H3,(H,21,23);6H,1-5H3;1-2H3. The predicted molar refractivity (Wildman–Crippen MR) is 161 cm³/mol. The largest absolute Gasteiger partial charge is 0.497 e. The number of fused-ring (bicyclic) bond motifs is 1. The van der Waals surface area contributed by atoms with Crippen molar-refractivity contribution in [2.75, 3.05) is 12.4 Å². The minimum Gasteiger partial charge on any atom is -0.497 e. The number of hydrogen-bond donors (Lipinski definition) is 1. The number of anilines is 1. The molecule has 0 spiro atoms. The van der Waals surface area contributed by atoms with Gasteiger partial charge in [0.2, 0.25) is 0 Å². The molecule has 0 atom stereocenters. The monoisotopic (exact) mass is 545 g/mol. The molecule has 3 rings (SSSR count). The van der Waals surface area contributed by atoms with Crippen molar-refractivity contribution in [3.8, 4) is 22.9 Å². The fourth-order valence-electron chi connectivity index (χ4n) is 2.97. The number of esters is 1. The molecule has 0 amide bonds. The lowest BCUT2D eigenvalue weighted by molar-refractivity contribution is -0.158. The molecule has 0 saturated carbocycles. The molecule has 8 heteroatoms. The summed E-state index contributed by atoms with van der Waals surface area (Å²) in [7, 11) is 1.65. The van der Waals surface area contributed by atoms with Crippen LogP contribution in [0.2, 0.25) is 0 Å². The van der Waals surface area contributed by atoms with Gasteiger partial charge in [-0.05, 0) is 67.5 Å². The molecule has 2 aromatic heterocycles. The number of pyridine rings is 1. The first-order valence-corrected chi connectivity index (χ1v) is 14.1. The summed E-state index contributed by atoms with van der Waals surface area (Å²) in [6.07, 6.45) is 0. The fourth-order valence-corrected chi connectivity index (χ4v) is 3.82. The highest BCUT2D eigenvalue weighted by atomic mass is 32.1. The third-order valence-electron chi connectivity index (χ3n) is 4.45. The van der Waals surface area contributed by atoms with Crippen LogP contribution in [0.3, 0.4) is 0 Å². The number of carbonyl (C=O) groups excluding carboxylic acids is 1. The minimum absolute atomic E-state index is 0.0285. The Morgan fingerprint density at radius 2 is 1.55 bits per heavy atom. The van der Waals surface area contributed by atoms with Crippen molar-refractivity contribution < 1.29 is 19.0 Å². The number of aromatic nitrogens is 2. The highest BCUT2D eigenvalue weighted by molar-refractivity contribution is 7.14. The molecule has 0 aliphatic carbocycles. The third kappa shape index (κ3) is 11.3. The summed E-state index contributed by atoms with van der Waals surface area (Å²) in [5.74, 6) is 1.41. The van der Waals surface area contributed by atoms with E-state index in [1.54, 1.807) is 18.4 Å². The Hall–Kier alpha value is -2.87. The Bertz CT molecular complexity index is 1160. The number of nitrogens with one attached hydrogen (secondary N) is 1. The summed E-state index contributed by atoms with van der Waals surface area (Å²) in [4.78, 5) is 20.4. The van der Waals surface area contributed by atoms with E-state index in [0.717, 1.165) is 38.9 Å². The van der Waals surface area contributed by atoms with Gasteiger partial charge in [-0.15, -0.1) is 11.3 Å². The first-order valence-electron chi connectivity index (χ1n) is 13.2. The van der Waals surface area contributed by atoms with E-state index >= 15 is 0 Å². The van der Waals surface area contributed by atoms with Gasteiger partial charge in [-0.2, -0.15) is 0 Å². The number of hydrogen-bond acceptors (Lipinski definition) is 8. The van der Waals surface area contributed by atoms with Crippen LogP contribution in [0.25, 0.3) is 22.3 Å². The van der Waals surface area contributed by atoms with Crippen LogP contribution in [0.1, 0.15) is 83.1 Å². The molecule has 0 fully saturated rings. The molecule has 212 valence electrons. The molecule has 2 heterocycles. The maximum Gasteiger partial charge on any atom is 0.308 e. The van der Waals surface area contributed by atoms with Crippen LogP contribution in [-0.2, 0) is 9.53 Å². The van der Waals surface area contributed by atoms with Gasteiger partial charge < -0.3 is 19.5 Å². The normalized spacial score (nSPS) is 11.3. The molecule has 38 heavy (non-hydrogen) atoms. The molecular weight excluding hydrogens is 498 g/mol. The predicted octanol–water partition coefficient (Wildman–Crippen LogP) is 8.37. The van der Waals surface area contributed by atoms with Crippen molar-refractivity contribution in [2.24, 2.45) is 5.92 Å². The van der Waals surface area contributed by atoms with E-state index in [1.165, 1.54) is 0 Å². The number of rotatable bonds is 6. The lowest BCUT2D eigenvalue weighted by Gasteiger charge is -2.22. The van der Waals surface area contributed by atoms with Crippen LogP contribution in [0, 0.1) is 5.92 Å². The second-order valence-corrected chi connectivity index (χ2v) is 12.0. The Labute approximate surface area is 233 Å². The minimum atomic E-state index is -0.346. The van der Waals surface area contributed by atoms with Crippen LogP contribution < -0.4 is 14.8 Å². The highest BCUT2D eigenvalue weighted by Crippen LogP contribution is 2.35. The first-order chi connectivity index (χ1) is 17.6. The summed E-state index contributed by atoms with van der Waals surface area (Å²) >= 11 is 1.58. The van der Waals surface area contributed by atoms with Gasteiger partial charge in [0.15, 0.2) is 5.13 Å². The molecule has 1 aromatic carbocycles. The molecule has 7 nitrogen and oxygen atoms in total. The molecular formula is C30H47N3O4S. The van der Waals surface area contributed by atoms with Crippen LogP contribution in [0.15, 0.2) is 29.6 Å². The number of carbonyl (C=O) groups is 1. The zero-order valence-corrected chi connectivity index (χ0v) is 26.3. The Morgan fingerprint density at radius 1 is 0.921 bits per heavy atom. The summed E-state index contributed by atoms with van der Waals surface area (Å²) in [6, 6.07) is 8.14. The van der Waals surface area contributed by atoms with E-state index < -0.39 is 0 Å². The van der Waals surface area contributed by atoms with E-state index in [-0.39, 0.29) is 23.1 Å². The topological polar surface area (TPSA) is 82.6 Å². The van der Waals surface area contributed by atoms with Crippen molar-refractivity contribution >= 4 is 33.3 Å². The summed E-state index contributed by atoms with van der Waals surface area (Å²) < 4.78 is 16.6. The fraction of sp³-hybridized carbons (Fsp3) is 0.567. The van der Waals surface area contributed by atoms with Gasteiger partial charge in [0.1, 0.15) is 28.4 Å². The van der Waals surface area contributed by atoms with Crippen LogP contribution >= 0.6 is 11.3 Å². The number of ether oxygens (including phenoxy) is 3. The van der Waals surface area contributed by atoms with Gasteiger partial charge in [0, 0.05) is 28.9 Å². The van der Waals surface area contributed by atoms with Gasteiger partial charge in [-0.1, -0.05) is 27.7 Å². The quantitative estimate of drug-likeness (QED) is 0.311. The molecule has 0 unspecified atom stereocenters. The van der Waals surface area contributed by atoms with Crippen molar-refractivity contribution in [3.63, 3.8) is 0 Å². The average Bonchev–Trinajstić information content (AvgIpc) is 3.26. The van der Waals surface area contributed by atoms with Crippen molar-refractivity contribution in [3.05, 3.63) is 29.6 Å². The zero-order chi connectivity index (χ0) is 29.3. The zero-order valence-electron chi connectivity index (χ0n) is 25.5. The van der Waals surface area contributed by atoms with Gasteiger partial charge in [-0.25, -0.2) is 9.97 Å². The van der Waals surface area contributed by atoms with Crippen LogP contribution in [-0.4, -0.2) is 40.3 Å². The SMILES string of the molecule is CC.CC(C)C(=O)OC(C)(C)C.COc1ccc2c(OC(C)(C)C)cc(-c3csc(NC(C)C)n3)nc2c1. The van der Waals surface area contributed by atoms with Crippen molar-refractivity contribution in [1.29, 1.82) is 0 Å². The smallest absolute Gasteiger partial charge is 0.308 e. The molecule has 0 bridgehead atoms. The van der Waals surface area contributed by atoms with Crippen molar-refractivity contribution in [1.82, 2.24) is 9.97 Å². The molecule has 3 aromatic rings. The Morgan fingerprint density at radius 3 is 2.03 bits per heavy atom. The second-order valence-electron chi connectivity index (χ2n) is 11.1. The van der Waals surface area contributed by atoms with Crippen LogP contribution in [0.4, 0.5) is 5.13 Å². The number of methoxy groups -OCH3 is 1. The lowest BCUT2D eigenvalue weighted by Crippen LogP contribution is -2.26. The Kier molecular flexibility index (Phi) is 12.5. The number of benzene rings is 1. The van der Waals surface area contributed by atoms with E-state index in [9.17, 15) is 4.79 Å². The van der Waals surface area contributed by atoms with E-state index in [1.807, 2.05) is 98.9 Å². The van der Waals surface area contributed by atoms with Gasteiger partial charge >= 0.3 is 5.97 Å². The maximum absolute atomic E-state index is 10.9. The second kappa shape index (κ2) is 14.3. The summed E-state index contributed by atoms with van der Waals surface area (Å²) in [5.41, 5.74) is 1.80. The molecule has 0 saturated heterocycles. The van der Waals surface area contributed by atoms with Gasteiger partial charge in [0.05, 0.1) is 24.2 Å². The maximum atomic E-state index is 10.9. The van der Waals surface area contributed by atoms with Gasteiger partial charge in [0.25, 0.3) is 0 Å². The van der Waals surface area contributed by atoms with E-state index in [4.69, 9.17) is 19.2 Å². The molecule has 1 N–H and O–H groups in total.